The van der Waals surface area contributed by atoms with Crippen LogP contribution in [0.5, 0.6) is 5.75 Å². The Morgan fingerprint density at radius 1 is 1.10 bits per heavy atom. The molecule has 40 heavy (non-hydrogen) atoms. The molecule has 0 aromatic heterocycles. The number of amides is 1. The minimum Gasteiger partial charge on any atom is -0.496 e. The molecule has 0 aliphatic carbocycles. The number of benzene rings is 3. The zero-order valence-electron chi connectivity index (χ0n) is 23.1. The number of aromatic carboxylic acids is 1. The first-order chi connectivity index (χ1) is 19.1. The van der Waals surface area contributed by atoms with E-state index < -0.39 is 5.97 Å². The third kappa shape index (κ3) is 5.27. The van der Waals surface area contributed by atoms with E-state index in [9.17, 15) is 14.7 Å². The van der Waals surface area contributed by atoms with Gasteiger partial charge in [0.15, 0.2) is 5.17 Å². The predicted molar refractivity (Wildman–Crippen MR) is 162 cm³/mol. The van der Waals surface area contributed by atoms with Gasteiger partial charge in [-0.2, -0.15) is 0 Å². The summed E-state index contributed by atoms with van der Waals surface area (Å²) in [5, 5.41) is 9.80. The molecule has 0 saturated carbocycles. The quantitative estimate of drug-likeness (QED) is 0.337. The summed E-state index contributed by atoms with van der Waals surface area (Å²) in [4.78, 5) is 34.2. The van der Waals surface area contributed by atoms with E-state index in [0.717, 1.165) is 28.1 Å². The molecule has 8 heteroatoms. The second-order valence-electron chi connectivity index (χ2n) is 10.4. The number of rotatable bonds is 6. The van der Waals surface area contributed by atoms with Gasteiger partial charge in [-0.3, -0.25) is 9.69 Å². The van der Waals surface area contributed by atoms with Crippen LogP contribution in [0.4, 0.5) is 11.4 Å². The van der Waals surface area contributed by atoms with E-state index in [0.29, 0.717) is 15.8 Å². The van der Waals surface area contributed by atoms with Crippen LogP contribution in [0.25, 0.3) is 11.6 Å². The number of thioether (sulfide) groups is 1. The van der Waals surface area contributed by atoms with Crippen molar-refractivity contribution in [1.82, 2.24) is 4.90 Å². The lowest BCUT2D eigenvalue weighted by molar-refractivity contribution is -0.122. The lowest BCUT2D eigenvalue weighted by Crippen LogP contribution is -2.42. The van der Waals surface area contributed by atoms with E-state index in [1.807, 2.05) is 42.5 Å². The van der Waals surface area contributed by atoms with E-state index >= 15 is 0 Å². The van der Waals surface area contributed by atoms with Crippen LogP contribution in [-0.2, 0) is 11.3 Å². The molecule has 0 atom stereocenters. The van der Waals surface area contributed by atoms with Gasteiger partial charge in [0.2, 0.25) is 0 Å². The van der Waals surface area contributed by atoms with Crippen molar-refractivity contribution in [2.75, 3.05) is 19.1 Å². The molecule has 1 amide bonds. The normalized spacial score (nSPS) is 18.2. The van der Waals surface area contributed by atoms with Crippen molar-refractivity contribution in [2.24, 2.45) is 4.99 Å². The van der Waals surface area contributed by atoms with Crippen LogP contribution in [-0.4, -0.2) is 46.7 Å². The average Bonchev–Trinajstić information content (AvgIpc) is 3.21. The molecule has 2 aliphatic heterocycles. The van der Waals surface area contributed by atoms with Gasteiger partial charge in [-0.05, 0) is 80.1 Å². The molecule has 3 aromatic carbocycles. The molecule has 3 aromatic rings. The Hall–Kier alpha value is -4.30. The number of ether oxygens (including phenoxy) is 1. The highest BCUT2D eigenvalue weighted by atomic mass is 32.2. The zero-order chi connectivity index (χ0) is 28.6. The van der Waals surface area contributed by atoms with Crippen molar-refractivity contribution >= 4 is 51.8 Å². The Bertz CT molecular complexity index is 1570. The summed E-state index contributed by atoms with van der Waals surface area (Å²) in [6, 6.07) is 20.1. The largest absolute Gasteiger partial charge is 0.496 e. The highest BCUT2D eigenvalue weighted by molar-refractivity contribution is 8.18. The lowest BCUT2D eigenvalue weighted by atomic mass is 9.88. The molecule has 5 rings (SSSR count). The number of allylic oxidation sites excluding steroid dienone is 1. The number of carboxylic acid groups (broad SMARTS) is 1. The molecule has 2 heterocycles. The zero-order valence-corrected chi connectivity index (χ0v) is 24.0. The van der Waals surface area contributed by atoms with Crippen molar-refractivity contribution in [3.05, 3.63) is 100.0 Å². The number of carbonyl (C=O) groups excluding carboxylic acids is 1. The van der Waals surface area contributed by atoms with Gasteiger partial charge in [-0.15, -0.1) is 0 Å². The van der Waals surface area contributed by atoms with Crippen LogP contribution in [0.2, 0.25) is 0 Å². The maximum absolute atomic E-state index is 13.8. The molecule has 1 saturated heterocycles. The third-order valence-corrected chi connectivity index (χ3v) is 8.27. The molecular weight excluding hydrogens is 522 g/mol. The number of fused-ring (bicyclic) bond motifs is 1. The van der Waals surface area contributed by atoms with Crippen molar-refractivity contribution in [1.29, 1.82) is 0 Å². The Balaban J connectivity index is 1.55. The number of aliphatic imine (C=N–C) groups is 1. The summed E-state index contributed by atoms with van der Waals surface area (Å²) in [6.07, 6.45) is 4.11. The molecule has 1 fully saturated rings. The second kappa shape index (κ2) is 10.7. The van der Waals surface area contributed by atoms with E-state index in [1.165, 1.54) is 17.3 Å². The first kappa shape index (κ1) is 27.3. The predicted octanol–water partition coefficient (Wildman–Crippen LogP) is 6.83. The van der Waals surface area contributed by atoms with E-state index in [-0.39, 0.29) is 23.6 Å². The first-order valence-corrected chi connectivity index (χ1v) is 13.7. The van der Waals surface area contributed by atoms with Crippen LogP contribution in [0.3, 0.4) is 0 Å². The molecule has 0 spiro atoms. The lowest BCUT2D eigenvalue weighted by Gasteiger charge is -2.41. The van der Waals surface area contributed by atoms with Gasteiger partial charge in [0.1, 0.15) is 5.75 Å². The van der Waals surface area contributed by atoms with Crippen LogP contribution in [0, 0.1) is 0 Å². The number of para-hydroxylation sites is 1. The van der Waals surface area contributed by atoms with Crippen molar-refractivity contribution < 1.29 is 19.4 Å². The minimum absolute atomic E-state index is 0.134. The van der Waals surface area contributed by atoms with Crippen LogP contribution in [0.15, 0.2) is 82.7 Å². The van der Waals surface area contributed by atoms with Gasteiger partial charge in [-0.25, -0.2) is 9.79 Å². The number of carboxylic acids is 1. The van der Waals surface area contributed by atoms with Crippen molar-refractivity contribution in [3.8, 4) is 5.75 Å². The van der Waals surface area contributed by atoms with Gasteiger partial charge in [0.05, 0.1) is 35.3 Å². The summed E-state index contributed by atoms with van der Waals surface area (Å²) >= 11 is 1.31. The summed E-state index contributed by atoms with van der Waals surface area (Å²) in [5.41, 5.74) is 5.76. The molecule has 1 N–H and O–H groups in total. The third-order valence-electron chi connectivity index (χ3n) is 7.27. The summed E-state index contributed by atoms with van der Waals surface area (Å²) in [5.74, 6) is -0.483. The van der Waals surface area contributed by atoms with Crippen LogP contribution >= 0.6 is 11.8 Å². The Morgan fingerprint density at radius 3 is 2.45 bits per heavy atom. The Kier molecular flexibility index (Phi) is 7.29. The number of hydrogen-bond acceptors (Lipinski definition) is 6. The fourth-order valence-electron chi connectivity index (χ4n) is 4.90. The number of anilines is 1. The molecule has 0 radical (unpaired) electrons. The topological polar surface area (TPSA) is 82.4 Å². The minimum atomic E-state index is -0.991. The van der Waals surface area contributed by atoms with E-state index in [2.05, 4.69) is 44.9 Å². The van der Waals surface area contributed by atoms with Crippen molar-refractivity contribution in [2.45, 2.75) is 32.9 Å². The summed E-state index contributed by atoms with van der Waals surface area (Å²) in [6.45, 7) is 6.71. The molecular formula is C32H31N3O4S. The van der Waals surface area contributed by atoms with E-state index in [4.69, 9.17) is 9.73 Å². The number of methoxy groups -OCH3 is 1. The fraction of sp³-hybridized carbons (Fsp3) is 0.219. The maximum atomic E-state index is 13.8. The average molecular weight is 554 g/mol. The highest BCUT2D eigenvalue weighted by Crippen LogP contribution is 2.43. The van der Waals surface area contributed by atoms with Crippen molar-refractivity contribution in [3.63, 3.8) is 0 Å². The standard InChI is InChI=1S/C32H31N3O4S/c1-20-18-32(2,3)34(4)26-17-27(39-5)23(15-25(20)26)16-28-29(36)35(19-21-11-13-22(14-12-21)30(37)38)31(40-28)33-24-9-7-6-8-10-24/h6-18H,19H2,1-5H3,(H,37,38)/b28-16+,33-31?. The maximum Gasteiger partial charge on any atom is 0.335 e. The molecule has 204 valence electrons. The SMILES string of the molecule is COc1cc2c(cc1/C=C1/SC(=Nc3ccccc3)N(Cc3ccc(C(=O)O)cc3)C1=O)C(C)=CC(C)(C)N2C. The molecule has 7 nitrogen and oxygen atoms in total. The summed E-state index contributed by atoms with van der Waals surface area (Å²) in [7, 11) is 3.71. The summed E-state index contributed by atoms with van der Waals surface area (Å²) < 4.78 is 5.78. The van der Waals surface area contributed by atoms with Crippen LogP contribution < -0.4 is 9.64 Å². The Labute approximate surface area is 238 Å². The highest BCUT2D eigenvalue weighted by Gasteiger charge is 2.34. The van der Waals surface area contributed by atoms with Gasteiger partial charge in [0.25, 0.3) is 5.91 Å². The number of carbonyl (C=O) groups is 2. The number of amidine groups is 1. The smallest absolute Gasteiger partial charge is 0.335 e. The van der Waals surface area contributed by atoms with Gasteiger partial charge < -0.3 is 14.7 Å². The number of likely N-dealkylation sites (N-methyl/N-ethyl adjacent to an activating group) is 1. The Morgan fingerprint density at radius 2 is 1.80 bits per heavy atom. The molecule has 0 unspecified atom stereocenters. The number of nitrogens with zero attached hydrogens (tertiary/aromatic N) is 3. The monoisotopic (exact) mass is 553 g/mol. The van der Waals surface area contributed by atoms with Gasteiger partial charge in [0, 0.05) is 29.9 Å². The van der Waals surface area contributed by atoms with Gasteiger partial charge in [-0.1, -0.05) is 36.4 Å². The number of hydrogen-bond donors (Lipinski definition) is 1. The molecule has 2 aliphatic rings. The van der Waals surface area contributed by atoms with Gasteiger partial charge >= 0.3 is 5.97 Å². The fourth-order valence-corrected chi connectivity index (χ4v) is 5.89. The second-order valence-corrected chi connectivity index (χ2v) is 11.4. The molecule has 0 bridgehead atoms. The van der Waals surface area contributed by atoms with E-state index in [1.54, 1.807) is 36.3 Å². The van der Waals surface area contributed by atoms with Crippen LogP contribution in [0.1, 0.15) is 47.8 Å². The first-order valence-electron chi connectivity index (χ1n) is 12.9.